The lowest BCUT2D eigenvalue weighted by atomic mass is 9.98. The number of hydrogen-bond acceptors (Lipinski definition) is 4. The molecule has 0 spiro atoms. The third kappa shape index (κ3) is 4.71. The molecular formula is C33H28N2O3. The van der Waals surface area contributed by atoms with E-state index in [9.17, 15) is 4.79 Å². The highest BCUT2D eigenvalue weighted by atomic mass is 16.7. The summed E-state index contributed by atoms with van der Waals surface area (Å²) in [5.41, 5.74) is 8.22. The summed E-state index contributed by atoms with van der Waals surface area (Å²) in [7, 11) is 0. The number of nitrogens with zero attached hydrogens (tertiary/aromatic N) is 2. The van der Waals surface area contributed by atoms with Crippen molar-refractivity contribution in [1.82, 2.24) is 9.71 Å². The van der Waals surface area contributed by atoms with E-state index in [1.54, 1.807) is 11.0 Å². The Kier molecular flexibility index (Phi) is 6.49. The van der Waals surface area contributed by atoms with Crippen molar-refractivity contribution >= 4 is 17.0 Å². The average Bonchev–Trinajstić information content (AvgIpc) is 3.46. The Morgan fingerprint density at radius 2 is 1.58 bits per heavy atom. The summed E-state index contributed by atoms with van der Waals surface area (Å²) < 4.78 is 7.62. The van der Waals surface area contributed by atoms with Crippen LogP contribution in [0, 0.1) is 0 Å². The highest BCUT2D eigenvalue weighted by Crippen LogP contribution is 2.41. The second-order valence-electron chi connectivity index (χ2n) is 9.51. The van der Waals surface area contributed by atoms with Crippen LogP contribution in [0.25, 0.3) is 33.5 Å². The molecule has 0 unspecified atom stereocenters. The fourth-order valence-corrected chi connectivity index (χ4v) is 5.00. The van der Waals surface area contributed by atoms with Gasteiger partial charge in [-0.25, -0.2) is 9.78 Å². The molecule has 1 aliphatic heterocycles. The van der Waals surface area contributed by atoms with E-state index in [4.69, 9.17) is 14.2 Å². The number of imidazole rings is 1. The summed E-state index contributed by atoms with van der Waals surface area (Å²) in [6.07, 6.45) is 4.14. The summed E-state index contributed by atoms with van der Waals surface area (Å²) >= 11 is 0. The van der Waals surface area contributed by atoms with Crippen LogP contribution in [0.15, 0.2) is 108 Å². The molecule has 1 aliphatic carbocycles. The third-order valence-corrected chi connectivity index (χ3v) is 6.74. The van der Waals surface area contributed by atoms with Crippen molar-refractivity contribution in [3.05, 3.63) is 126 Å². The summed E-state index contributed by atoms with van der Waals surface area (Å²) in [6.45, 7) is 1.96. The molecule has 6 rings (SSSR count). The Morgan fingerprint density at radius 1 is 0.842 bits per heavy atom. The smallest absolute Gasteiger partial charge is 0.332 e. The van der Waals surface area contributed by atoms with Crippen molar-refractivity contribution in [1.29, 1.82) is 0 Å². The maximum atomic E-state index is 12.5. The van der Waals surface area contributed by atoms with Gasteiger partial charge in [0.1, 0.15) is 11.3 Å². The maximum absolute atomic E-state index is 12.5. The summed E-state index contributed by atoms with van der Waals surface area (Å²) in [5.74, 6) is 1.28. The lowest BCUT2D eigenvalue weighted by Crippen LogP contribution is -2.21. The number of rotatable bonds is 8. The summed E-state index contributed by atoms with van der Waals surface area (Å²) in [5, 5.41) is 0. The van der Waals surface area contributed by atoms with E-state index in [0.29, 0.717) is 18.7 Å². The zero-order chi connectivity index (χ0) is 25.9. The van der Waals surface area contributed by atoms with Crippen molar-refractivity contribution in [2.24, 2.45) is 0 Å². The molecule has 4 aromatic rings. The Hall–Kier alpha value is -4.64. The van der Waals surface area contributed by atoms with Crippen molar-refractivity contribution < 1.29 is 14.0 Å². The third-order valence-electron chi connectivity index (χ3n) is 6.74. The molecule has 0 saturated carbocycles. The van der Waals surface area contributed by atoms with E-state index in [-0.39, 0.29) is 5.97 Å². The highest BCUT2D eigenvalue weighted by molar-refractivity contribution is 5.91. The first-order chi connectivity index (χ1) is 18.7. The van der Waals surface area contributed by atoms with Crippen molar-refractivity contribution in [3.63, 3.8) is 0 Å². The van der Waals surface area contributed by atoms with E-state index in [1.807, 2.05) is 43.3 Å². The minimum atomic E-state index is -0.267. The predicted molar refractivity (Wildman–Crippen MR) is 149 cm³/mol. The molecule has 1 aromatic heterocycles. The van der Waals surface area contributed by atoms with Crippen LogP contribution in [0.4, 0.5) is 0 Å². The van der Waals surface area contributed by atoms with Crippen LogP contribution < -0.4 is 4.84 Å². The van der Waals surface area contributed by atoms with Crippen LogP contribution in [-0.2, 0) is 17.6 Å². The number of aromatic nitrogens is 2. The van der Waals surface area contributed by atoms with Crippen LogP contribution in [-0.4, -0.2) is 15.7 Å². The minimum Gasteiger partial charge on any atom is -0.464 e. The number of fused-ring (bicyclic) bond motifs is 2. The van der Waals surface area contributed by atoms with E-state index in [1.165, 1.54) is 11.1 Å². The quantitative estimate of drug-likeness (QED) is 0.219. The van der Waals surface area contributed by atoms with Gasteiger partial charge in [-0.3, -0.25) is 0 Å². The van der Waals surface area contributed by atoms with Crippen LogP contribution in [0.2, 0.25) is 0 Å². The van der Waals surface area contributed by atoms with Gasteiger partial charge in [0.05, 0.1) is 11.8 Å². The Labute approximate surface area is 221 Å². The van der Waals surface area contributed by atoms with Gasteiger partial charge < -0.3 is 9.25 Å². The van der Waals surface area contributed by atoms with Crippen molar-refractivity contribution in [2.75, 3.05) is 0 Å². The van der Waals surface area contributed by atoms with Gasteiger partial charge in [-0.2, -0.15) is 4.73 Å². The maximum Gasteiger partial charge on any atom is 0.332 e. The molecule has 0 fully saturated rings. The SMILES string of the molecule is CCCC(=O)On1c(Cc2ccccc2)nc2cc(-c3c(Cc4ccccc4)cc4cccoc3-4)ccc21. The first-order valence-corrected chi connectivity index (χ1v) is 13.0. The normalized spacial score (nSPS) is 11.3. The van der Waals surface area contributed by atoms with Gasteiger partial charge in [0.15, 0.2) is 5.82 Å². The van der Waals surface area contributed by atoms with Crippen LogP contribution in [0.3, 0.4) is 0 Å². The molecule has 0 N–H and O–H groups in total. The molecule has 2 aliphatic rings. The van der Waals surface area contributed by atoms with Crippen LogP contribution in [0.5, 0.6) is 0 Å². The van der Waals surface area contributed by atoms with Gasteiger partial charge in [-0.15, -0.1) is 0 Å². The lowest BCUT2D eigenvalue weighted by molar-refractivity contribution is -0.144. The van der Waals surface area contributed by atoms with Crippen molar-refractivity contribution in [2.45, 2.75) is 32.6 Å². The van der Waals surface area contributed by atoms with Gasteiger partial charge in [-0.05, 0) is 65.4 Å². The van der Waals surface area contributed by atoms with Crippen LogP contribution >= 0.6 is 0 Å². The first kappa shape index (κ1) is 23.7. The molecule has 5 heteroatoms. The molecule has 0 radical (unpaired) electrons. The average molecular weight is 501 g/mol. The highest BCUT2D eigenvalue weighted by Gasteiger charge is 2.22. The second kappa shape index (κ2) is 10.4. The molecule has 0 atom stereocenters. The van der Waals surface area contributed by atoms with E-state index < -0.39 is 0 Å². The molecule has 0 bridgehead atoms. The zero-order valence-electron chi connectivity index (χ0n) is 21.3. The van der Waals surface area contributed by atoms with Crippen LogP contribution in [0.1, 0.15) is 42.3 Å². The molecule has 5 nitrogen and oxygen atoms in total. The predicted octanol–water partition coefficient (Wildman–Crippen LogP) is 7.34. The molecule has 188 valence electrons. The monoisotopic (exact) mass is 500 g/mol. The molecular weight excluding hydrogens is 472 g/mol. The first-order valence-electron chi connectivity index (χ1n) is 13.0. The summed E-state index contributed by atoms with van der Waals surface area (Å²) in [6, 6.07) is 32.9. The fourth-order valence-electron chi connectivity index (χ4n) is 5.00. The van der Waals surface area contributed by atoms with Gasteiger partial charge >= 0.3 is 5.97 Å². The van der Waals surface area contributed by atoms with E-state index >= 15 is 0 Å². The molecule has 0 saturated heterocycles. The Bertz CT molecular complexity index is 1670. The number of carbonyl (C=O) groups is 1. The Morgan fingerprint density at radius 3 is 2.32 bits per heavy atom. The fraction of sp³-hybridized carbons (Fsp3) is 0.152. The van der Waals surface area contributed by atoms with Gasteiger partial charge in [0.2, 0.25) is 0 Å². The molecule has 38 heavy (non-hydrogen) atoms. The van der Waals surface area contributed by atoms with Gasteiger partial charge in [-0.1, -0.05) is 73.7 Å². The summed E-state index contributed by atoms with van der Waals surface area (Å²) in [4.78, 5) is 23.2. The number of hydrogen-bond donors (Lipinski definition) is 0. The molecule has 0 amide bonds. The van der Waals surface area contributed by atoms with Gasteiger partial charge in [0, 0.05) is 24.0 Å². The second-order valence-corrected chi connectivity index (χ2v) is 9.51. The topological polar surface area (TPSA) is 57.3 Å². The lowest BCUT2D eigenvalue weighted by Gasteiger charge is -2.10. The molecule has 3 aromatic carbocycles. The standard InChI is InChI=1S/C33H28N2O3/c1-2-10-31(36)38-35-29-17-16-25(22-28(29)34-30(35)20-24-13-7-4-8-14-24)32-27(19-23-11-5-3-6-12-23)21-26-15-9-18-37-33(26)32/h3-9,11-18,21-22H,2,10,19-20H2,1H3. The van der Waals surface area contributed by atoms with E-state index in [2.05, 4.69) is 60.7 Å². The minimum absolute atomic E-state index is 0.267. The Balaban J connectivity index is 1.46. The van der Waals surface area contributed by atoms with E-state index in [0.717, 1.165) is 51.9 Å². The molecule has 2 heterocycles. The van der Waals surface area contributed by atoms with Gasteiger partial charge in [0.25, 0.3) is 0 Å². The van der Waals surface area contributed by atoms with Crippen molar-refractivity contribution in [3.8, 4) is 22.5 Å². The number of carbonyl (C=O) groups excluding carboxylic acids is 1. The number of benzene rings is 3. The largest absolute Gasteiger partial charge is 0.464 e. The zero-order valence-corrected chi connectivity index (χ0v) is 21.3.